The number of para-hydroxylation sites is 1. The highest BCUT2D eigenvalue weighted by Gasteiger charge is 2.14. The van der Waals surface area contributed by atoms with Crippen LogP contribution in [0.2, 0.25) is 5.02 Å². The predicted octanol–water partition coefficient (Wildman–Crippen LogP) is 6.63. The zero-order chi connectivity index (χ0) is 19.3. The van der Waals surface area contributed by atoms with Crippen LogP contribution in [0.25, 0.3) is 10.9 Å². The van der Waals surface area contributed by atoms with E-state index in [0.717, 1.165) is 30.2 Å². The van der Waals surface area contributed by atoms with Gasteiger partial charge in [-0.1, -0.05) is 59.6 Å². The van der Waals surface area contributed by atoms with Gasteiger partial charge in [0.2, 0.25) is 0 Å². The molecule has 0 amide bonds. The molecule has 0 bridgehead atoms. The Morgan fingerprint density at radius 3 is 2.68 bits per heavy atom. The summed E-state index contributed by atoms with van der Waals surface area (Å²) in [6.45, 7) is 5.00. The van der Waals surface area contributed by atoms with E-state index in [-0.39, 0.29) is 0 Å². The molecule has 1 aromatic heterocycles. The first kappa shape index (κ1) is 19.3. The van der Waals surface area contributed by atoms with Gasteiger partial charge < -0.3 is 9.88 Å². The van der Waals surface area contributed by atoms with Gasteiger partial charge in [-0.15, -0.1) is 0 Å². The lowest BCUT2D eigenvalue weighted by Crippen LogP contribution is -2.16. The van der Waals surface area contributed by atoms with Crippen LogP contribution in [0.3, 0.4) is 0 Å². The maximum atomic E-state index is 6.43. The minimum Gasteiger partial charge on any atom is -0.340 e. The van der Waals surface area contributed by atoms with Crippen molar-refractivity contribution < 1.29 is 0 Å². The molecule has 1 aliphatic rings. The molecule has 1 heterocycles. The Balaban J connectivity index is 1.52. The summed E-state index contributed by atoms with van der Waals surface area (Å²) in [5.74, 6) is 0. The van der Waals surface area contributed by atoms with E-state index in [9.17, 15) is 0 Å². The van der Waals surface area contributed by atoms with Crippen molar-refractivity contribution in [2.75, 3.05) is 6.54 Å². The van der Waals surface area contributed by atoms with E-state index >= 15 is 0 Å². The molecule has 146 valence electrons. The van der Waals surface area contributed by atoms with Crippen molar-refractivity contribution >= 4 is 22.5 Å². The third-order valence-corrected chi connectivity index (χ3v) is 6.33. The van der Waals surface area contributed by atoms with Gasteiger partial charge in [0.25, 0.3) is 0 Å². The summed E-state index contributed by atoms with van der Waals surface area (Å²) >= 11 is 6.43. The second kappa shape index (κ2) is 8.98. The predicted molar refractivity (Wildman–Crippen MR) is 120 cm³/mol. The molecule has 1 N–H and O–H groups in total. The summed E-state index contributed by atoms with van der Waals surface area (Å²) in [4.78, 5) is 0. The van der Waals surface area contributed by atoms with Crippen LogP contribution >= 0.6 is 11.6 Å². The number of hydrogen-bond donors (Lipinski definition) is 1. The van der Waals surface area contributed by atoms with Gasteiger partial charge in [0, 0.05) is 34.7 Å². The molecular weight excluding hydrogens is 364 g/mol. The van der Waals surface area contributed by atoms with E-state index in [1.165, 1.54) is 54.3 Å². The van der Waals surface area contributed by atoms with Crippen molar-refractivity contribution in [2.45, 2.75) is 52.1 Å². The van der Waals surface area contributed by atoms with Gasteiger partial charge in [0.15, 0.2) is 0 Å². The summed E-state index contributed by atoms with van der Waals surface area (Å²) < 4.78 is 2.40. The largest absolute Gasteiger partial charge is 0.340 e. The molecule has 2 nitrogen and oxygen atoms in total. The van der Waals surface area contributed by atoms with E-state index in [1.54, 1.807) is 5.57 Å². The van der Waals surface area contributed by atoms with E-state index in [0.29, 0.717) is 0 Å². The molecular formula is C25H29ClN2. The molecule has 0 spiro atoms. The van der Waals surface area contributed by atoms with Crippen molar-refractivity contribution in [2.24, 2.45) is 0 Å². The van der Waals surface area contributed by atoms with Gasteiger partial charge >= 0.3 is 0 Å². The van der Waals surface area contributed by atoms with Crippen LogP contribution in [0.1, 0.15) is 48.9 Å². The number of fused-ring (bicyclic) bond motifs is 1. The molecule has 0 saturated carbocycles. The number of nitrogens with one attached hydrogen (secondary N) is 1. The first-order valence-corrected chi connectivity index (χ1v) is 10.8. The third-order valence-electron chi connectivity index (χ3n) is 5.96. The van der Waals surface area contributed by atoms with Crippen LogP contribution in [0, 0.1) is 6.92 Å². The SMILES string of the molecule is Cc1c(CNCCC2=CCCCC2)c2ccccc2n1Cc1ccccc1Cl. The number of nitrogens with zero attached hydrogens (tertiary/aromatic N) is 1. The lowest BCUT2D eigenvalue weighted by molar-refractivity contribution is 0.631. The molecule has 2 aromatic carbocycles. The molecule has 28 heavy (non-hydrogen) atoms. The minimum atomic E-state index is 0.804. The highest BCUT2D eigenvalue weighted by molar-refractivity contribution is 6.31. The summed E-state index contributed by atoms with van der Waals surface area (Å²) in [5, 5.41) is 5.87. The lowest BCUT2D eigenvalue weighted by atomic mass is 9.97. The number of benzene rings is 2. The van der Waals surface area contributed by atoms with Gasteiger partial charge in [-0.3, -0.25) is 0 Å². The molecule has 0 radical (unpaired) electrons. The number of aromatic nitrogens is 1. The summed E-state index contributed by atoms with van der Waals surface area (Å²) in [6, 6.07) is 16.9. The van der Waals surface area contributed by atoms with E-state index in [2.05, 4.69) is 59.3 Å². The second-order valence-corrected chi connectivity index (χ2v) is 8.20. The van der Waals surface area contributed by atoms with Crippen LogP contribution in [0.4, 0.5) is 0 Å². The van der Waals surface area contributed by atoms with Gasteiger partial charge in [-0.25, -0.2) is 0 Å². The topological polar surface area (TPSA) is 17.0 Å². The summed E-state index contributed by atoms with van der Waals surface area (Å²) in [5.41, 5.74) is 6.81. The Kier molecular flexibility index (Phi) is 6.19. The van der Waals surface area contributed by atoms with Crippen LogP contribution < -0.4 is 5.32 Å². The Labute approximate surface area is 173 Å². The summed E-state index contributed by atoms with van der Waals surface area (Å²) in [6.07, 6.45) is 8.91. The Morgan fingerprint density at radius 1 is 1.04 bits per heavy atom. The minimum absolute atomic E-state index is 0.804. The fraction of sp³-hybridized carbons (Fsp3) is 0.360. The number of allylic oxidation sites excluding steroid dienone is 1. The van der Waals surface area contributed by atoms with Crippen LogP contribution in [0.5, 0.6) is 0 Å². The fourth-order valence-corrected chi connectivity index (χ4v) is 4.52. The fourth-order valence-electron chi connectivity index (χ4n) is 4.32. The van der Waals surface area contributed by atoms with Gasteiger partial charge in [0.1, 0.15) is 0 Å². The molecule has 4 rings (SSSR count). The van der Waals surface area contributed by atoms with E-state index in [1.807, 2.05) is 12.1 Å². The highest BCUT2D eigenvalue weighted by atomic mass is 35.5. The number of hydrogen-bond acceptors (Lipinski definition) is 1. The first-order valence-electron chi connectivity index (χ1n) is 10.4. The molecule has 3 aromatic rings. The van der Waals surface area contributed by atoms with Gasteiger partial charge in [-0.05, 0) is 68.8 Å². The maximum absolute atomic E-state index is 6.43. The number of halogens is 1. The number of rotatable bonds is 7. The van der Waals surface area contributed by atoms with Gasteiger partial charge in [-0.2, -0.15) is 0 Å². The highest BCUT2D eigenvalue weighted by Crippen LogP contribution is 2.28. The quantitative estimate of drug-likeness (QED) is 0.352. The molecule has 3 heteroatoms. The van der Waals surface area contributed by atoms with E-state index in [4.69, 9.17) is 11.6 Å². The van der Waals surface area contributed by atoms with Crippen LogP contribution in [0.15, 0.2) is 60.2 Å². The molecule has 0 atom stereocenters. The molecule has 1 aliphatic carbocycles. The zero-order valence-electron chi connectivity index (χ0n) is 16.7. The second-order valence-electron chi connectivity index (χ2n) is 7.79. The lowest BCUT2D eigenvalue weighted by Gasteiger charge is -2.13. The van der Waals surface area contributed by atoms with Crippen molar-refractivity contribution in [3.8, 4) is 0 Å². The molecule has 0 unspecified atom stereocenters. The summed E-state index contributed by atoms with van der Waals surface area (Å²) in [7, 11) is 0. The average molecular weight is 393 g/mol. The third kappa shape index (κ3) is 4.19. The van der Waals surface area contributed by atoms with Crippen LogP contribution in [-0.4, -0.2) is 11.1 Å². The molecule has 0 aliphatic heterocycles. The standard InChI is InChI=1S/C25H29ClN2/c1-19-23(17-27-16-15-20-9-3-2-4-10-20)22-12-6-8-14-25(22)28(19)18-21-11-5-7-13-24(21)26/h5-9,11-14,27H,2-4,10,15-18H2,1H3. The normalized spacial score (nSPS) is 14.4. The van der Waals surface area contributed by atoms with Gasteiger partial charge in [0.05, 0.1) is 0 Å². The molecule has 0 fully saturated rings. The monoisotopic (exact) mass is 392 g/mol. The smallest absolute Gasteiger partial charge is 0.0493 e. The van der Waals surface area contributed by atoms with Crippen molar-refractivity contribution in [1.82, 2.24) is 9.88 Å². The first-order chi connectivity index (χ1) is 13.7. The Morgan fingerprint density at radius 2 is 1.86 bits per heavy atom. The Hall–Kier alpha value is -2.03. The van der Waals surface area contributed by atoms with Crippen LogP contribution in [-0.2, 0) is 13.1 Å². The average Bonchev–Trinajstić information content (AvgIpc) is 2.99. The van der Waals surface area contributed by atoms with Crippen molar-refractivity contribution in [3.63, 3.8) is 0 Å². The Bertz CT molecular complexity index is 983. The van der Waals surface area contributed by atoms with Crippen molar-refractivity contribution in [1.29, 1.82) is 0 Å². The van der Waals surface area contributed by atoms with Crippen molar-refractivity contribution in [3.05, 3.63) is 82.0 Å². The molecule has 0 saturated heterocycles. The zero-order valence-corrected chi connectivity index (χ0v) is 17.4. The maximum Gasteiger partial charge on any atom is 0.0493 e. The van der Waals surface area contributed by atoms with E-state index < -0.39 is 0 Å².